The number of furan rings is 1. The number of aliphatic imine (C=N–C) groups is 1. The maximum Gasteiger partial charge on any atom is 0.350 e. The summed E-state index contributed by atoms with van der Waals surface area (Å²) in [6.45, 7) is 3.99. The maximum absolute atomic E-state index is 13.0. The van der Waals surface area contributed by atoms with E-state index in [9.17, 15) is 19.2 Å². The van der Waals surface area contributed by atoms with Gasteiger partial charge < -0.3 is 14.2 Å². The van der Waals surface area contributed by atoms with E-state index in [0.717, 1.165) is 19.3 Å². The number of unbranched alkanes of at least 4 members (excludes halogenated alkanes) is 2. The Labute approximate surface area is 186 Å². The van der Waals surface area contributed by atoms with Crippen molar-refractivity contribution in [2.75, 3.05) is 32.7 Å². The van der Waals surface area contributed by atoms with Crippen LogP contribution < -0.4 is 0 Å². The molecule has 0 bridgehead atoms. The standard InChI is InChI=1S/C23H26N4O5/c1-2-3-4-9-27-21(29)17-8-7-16(15-18(17)24-23(27)31)20(28)25-10-12-26(13-11-25)22(30)19-6-5-14-32-19/h5-8,14-15,17H,2-4,9-13H2,1H3. The Kier molecular flexibility index (Phi) is 6.34. The smallest absolute Gasteiger partial charge is 0.350 e. The lowest BCUT2D eigenvalue weighted by molar-refractivity contribution is -0.130. The maximum atomic E-state index is 13.0. The number of imide groups is 1. The van der Waals surface area contributed by atoms with Crippen LogP contribution in [0.1, 0.15) is 36.7 Å². The summed E-state index contributed by atoms with van der Waals surface area (Å²) >= 11 is 0. The van der Waals surface area contributed by atoms with E-state index in [1.54, 1.807) is 34.1 Å². The summed E-state index contributed by atoms with van der Waals surface area (Å²) in [6.07, 6.45) is 8.95. The normalized spacial score (nSPS) is 20.8. The van der Waals surface area contributed by atoms with Gasteiger partial charge in [0.15, 0.2) is 5.76 Å². The van der Waals surface area contributed by atoms with Crippen LogP contribution in [0.2, 0.25) is 0 Å². The molecule has 4 rings (SSSR count). The molecule has 32 heavy (non-hydrogen) atoms. The molecule has 1 unspecified atom stereocenters. The van der Waals surface area contributed by atoms with Crippen LogP contribution in [-0.4, -0.2) is 76.9 Å². The third-order valence-electron chi connectivity index (χ3n) is 5.90. The van der Waals surface area contributed by atoms with E-state index in [-0.39, 0.29) is 23.5 Å². The van der Waals surface area contributed by atoms with Crippen molar-refractivity contribution in [2.24, 2.45) is 10.9 Å². The van der Waals surface area contributed by atoms with E-state index in [1.165, 1.54) is 17.2 Å². The molecule has 3 aliphatic rings. The minimum atomic E-state index is -0.631. The number of rotatable bonds is 6. The number of allylic oxidation sites excluding steroid dienone is 1. The zero-order chi connectivity index (χ0) is 22.7. The van der Waals surface area contributed by atoms with Crippen molar-refractivity contribution in [3.05, 3.63) is 48.0 Å². The van der Waals surface area contributed by atoms with Gasteiger partial charge in [-0.2, -0.15) is 4.99 Å². The Bertz CT molecular complexity index is 1000. The Morgan fingerprint density at radius 1 is 1.09 bits per heavy atom. The minimum Gasteiger partial charge on any atom is -0.459 e. The lowest BCUT2D eigenvalue weighted by atomic mass is 9.91. The van der Waals surface area contributed by atoms with E-state index >= 15 is 0 Å². The van der Waals surface area contributed by atoms with Crippen molar-refractivity contribution in [1.29, 1.82) is 0 Å². The molecule has 1 saturated heterocycles. The van der Waals surface area contributed by atoms with Crippen LogP contribution in [0.5, 0.6) is 0 Å². The summed E-state index contributed by atoms with van der Waals surface area (Å²) in [5.41, 5.74) is 0.690. The first-order valence-electron chi connectivity index (χ1n) is 11.0. The van der Waals surface area contributed by atoms with Gasteiger partial charge in [0.1, 0.15) is 0 Å². The molecule has 168 valence electrons. The third-order valence-corrected chi connectivity index (χ3v) is 5.90. The van der Waals surface area contributed by atoms with Crippen LogP contribution in [0, 0.1) is 5.92 Å². The highest BCUT2D eigenvalue weighted by Gasteiger charge is 2.37. The second-order valence-corrected chi connectivity index (χ2v) is 8.01. The van der Waals surface area contributed by atoms with Crippen LogP contribution in [0.3, 0.4) is 0 Å². The van der Waals surface area contributed by atoms with Gasteiger partial charge in [-0.1, -0.05) is 31.9 Å². The zero-order valence-electron chi connectivity index (χ0n) is 18.0. The first-order chi connectivity index (χ1) is 15.5. The molecule has 9 heteroatoms. The molecule has 1 aromatic heterocycles. The average molecular weight is 438 g/mol. The fourth-order valence-corrected chi connectivity index (χ4v) is 4.05. The molecule has 0 radical (unpaired) electrons. The van der Waals surface area contributed by atoms with E-state index in [0.29, 0.717) is 44.0 Å². The molecule has 0 N–H and O–H groups in total. The Morgan fingerprint density at radius 2 is 1.81 bits per heavy atom. The molecule has 3 heterocycles. The molecule has 1 aliphatic carbocycles. The first kappa shape index (κ1) is 21.7. The molecular formula is C23H26N4O5. The molecular weight excluding hydrogens is 412 g/mol. The van der Waals surface area contributed by atoms with Gasteiger partial charge in [0.05, 0.1) is 17.9 Å². The molecule has 0 spiro atoms. The van der Waals surface area contributed by atoms with Gasteiger partial charge in [0.25, 0.3) is 11.8 Å². The largest absolute Gasteiger partial charge is 0.459 e. The fraction of sp³-hybridized carbons (Fsp3) is 0.435. The quantitative estimate of drug-likeness (QED) is 0.634. The molecule has 0 aromatic carbocycles. The summed E-state index contributed by atoms with van der Waals surface area (Å²) in [4.78, 5) is 59.1. The summed E-state index contributed by atoms with van der Waals surface area (Å²) in [6, 6.07) is 2.71. The van der Waals surface area contributed by atoms with Crippen LogP contribution in [0.15, 0.2) is 51.6 Å². The third kappa shape index (κ3) is 4.28. The topological polar surface area (TPSA) is 104 Å². The number of fused-ring (bicyclic) bond motifs is 1. The highest BCUT2D eigenvalue weighted by molar-refractivity contribution is 6.23. The van der Waals surface area contributed by atoms with Crippen LogP contribution >= 0.6 is 0 Å². The van der Waals surface area contributed by atoms with Crippen molar-refractivity contribution in [2.45, 2.75) is 26.2 Å². The fourth-order valence-electron chi connectivity index (χ4n) is 4.05. The summed E-state index contributed by atoms with van der Waals surface area (Å²) in [7, 11) is 0. The van der Waals surface area contributed by atoms with Gasteiger partial charge in [-0.15, -0.1) is 0 Å². The van der Waals surface area contributed by atoms with Gasteiger partial charge in [-0.05, 0) is 24.6 Å². The Morgan fingerprint density at radius 3 is 2.47 bits per heavy atom. The van der Waals surface area contributed by atoms with E-state index in [2.05, 4.69) is 11.9 Å². The SMILES string of the molecule is CCCCCN1C(=O)N=C2C=C(C(=O)N3CCN(C(=O)c4ccco4)CC3)C=CC2C1=O. The van der Waals surface area contributed by atoms with Crippen LogP contribution in [0.4, 0.5) is 4.79 Å². The van der Waals surface area contributed by atoms with Gasteiger partial charge >= 0.3 is 6.03 Å². The number of urea groups is 1. The van der Waals surface area contributed by atoms with Gasteiger partial charge in [0, 0.05) is 38.3 Å². The van der Waals surface area contributed by atoms with Gasteiger partial charge in [-0.3, -0.25) is 19.3 Å². The number of amides is 5. The first-order valence-corrected chi connectivity index (χ1v) is 11.0. The Hall–Kier alpha value is -3.49. The summed E-state index contributed by atoms with van der Waals surface area (Å²) in [5, 5.41) is 0. The molecule has 1 fully saturated rings. The van der Waals surface area contributed by atoms with Crippen molar-refractivity contribution in [1.82, 2.24) is 14.7 Å². The molecule has 1 atom stereocenters. The lowest BCUT2D eigenvalue weighted by Gasteiger charge is -2.35. The van der Waals surface area contributed by atoms with Crippen molar-refractivity contribution < 1.29 is 23.6 Å². The second kappa shape index (κ2) is 9.33. The number of piperazine rings is 1. The van der Waals surface area contributed by atoms with E-state index < -0.39 is 11.9 Å². The predicted octanol–water partition coefficient (Wildman–Crippen LogP) is 2.27. The van der Waals surface area contributed by atoms with Crippen LogP contribution in [0.25, 0.3) is 0 Å². The van der Waals surface area contributed by atoms with Crippen molar-refractivity contribution in [3.8, 4) is 0 Å². The molecule has 9 nitrogen and oxygen atoms in total. The lowest BCUT2D eigenvalue weighted by Crippen LogP contribution is -2.51. The molecule has 5 amide bonds. The summed E-state index contributed by atoms with van der Waals surface area (Å²) < 4.78 is 5.16. The van der Waals surface area contributed by atoms with Gasteiger partial charge in [-0.25, -0.2) is 4.79 Å². The minimum absolute atomic E-state index is 0.196. The average Bonchev–Trinajstić information content (AvgIpc) is 3.35. The summed E-state index contributed by atoms with van der Waals surface area (Å²) in [5.74, 6) is -1.05. The number of hydrogen-bond donors (Lipinski definition) is 0. The number of carbonyl (C=O) groups excluding carboxylic acids is 4. The molecule has 2 aliphatic heterocycles. The monoisotopic (exact) mass is 438 g/mol. The number of carbonyl (C=O) groups is 4. The van der Waals surface area contributed by atoms with E-state index in [1.807, 2.05) is 0 Å². The van der Waals surface area contributed by atoms with E-state index in [4.69, 9.17) is 4.42 Å². The predicted molar refractivity (Wildman–Crippen MR) is 116 cm³/mol. The zero-order valence-corrected chi connectivity index (χ0v) is 18.0. The highest BCUT2D eigenvalue weighted by Crippen LogP contribution is 2.24. The molecule has 1 aromatic rings. The van der Waals surface area contributed by atoms with Gasteiger partial charge in [0.2, 0.25) is 5.91 Å². The highest BCUT2D eigenvalue weighted by atomic mass is 16.3. The van der Waals surface area contributed by atoms with Crippen LogP contribution in [-0.2, 0) is 9.59 Å². The second-order valence-electron chi connectivity index (χ2n) is 8.01. The van der Waals surface area contributed by atoms with Crippen molar-refractivity contribution in [3.63, 3.8) is 0 Å². The number of hydrogen-bond acceptors (Lipinski definition) is 5. The molecule has 0 saturated carbocycles. The number of nitrogens with zero attached hydrogens (tertiary/aromatic N) is 4. The Balaban J connectivity index is 1.39. The van der Waals surface area contributed by atoms with Crippen molar-refractivity contribution >= 4 is 29.5 Å².